The minimum Gasteiger partial charge on any atom is -0.490 e. The van der Waals surface area contributed by atoms with Crippen molar-refractivity contribution in [3.8, 4) is 5.75 Å². The number of benzene rings is 2. The number of nitrogens with zero attached hydrogens (tertiary/aromatic N) is 1. The molecule has 0 aliphatic carbocycles. The fraction of sp³-hybridized carbons (Fsp3) is 0.211. The molecule has 142 valence electrons. The molecule has 6 nitrogen and oxygen atoms in total. The molecule has 0 aliphatic heterocycles. The van der Waals surface area contributed by atoms with Gasteiger partial charge in [0.1, 0.15) is 0 Å². The van der Waals surface area contributed by atoms with Crippen LogP contribution in [0.2, 0.25) is 10.0 Å². The fourth-order valence-electron chi connectivity index (χ4n) is 2.10. The van der Waals surface area contributed by atoms with E-state index in [1.807, 2.05) is 26.0 Å². The van der Waals surface area contributed by atoms with Crippen molar-refractivity contribution in [2.24, 2.45) is 5.10 Å². The molecule has 2 aromatic rings. The van der Waals surface area contributed by atoms with Crippen molar-refractivity contribution in [1.29, 1.82) is 0 Å². The molecule has 0 atom stereocenters. The molecule has 2 N–H and O–H groups in total. The van der Waals surface area contributed by atoms with Gasteiger partial charge in [-0.05, 0) is 42.7 Å². The molecule has 0 bridgehead atoms. The number of hydrogen-bond acceptors (Lipinski definition) is 4. The lowest BCUT2D eigenvalue weighted by atomic mass is 10.2. The number of hydrogen-bond donors (Lipinski definition) is 2. The van der Waals surface area contributed by atoms with Crippen LogP contribution in [0.5, 0.6) is 5.75 Å². The van der Waals surface area contributed by atoms with Crippen LogP contribution in [0, 0.1) is 6.92 Å². The summed E-state index contributed by atoms with van der Waals surface area (Å²) in [6, 6.07) is 10.3. The zero-order chi connectivity index (χ0) is 19.8. The van der Waals surface area contributed by atoms with Crippen molar-refractivity contribution < 1.29 is 14.3 Å². The van der Waals surface area contributed by atoms with Gasteiger partial charge >= 0.3 is 11.8 Å². The summed E-state index contributed by atoms with van der Waals surface area (Å²) < 4.78 is 5.48. The van der Waals surface area contributed by atoms with Crippen LogP contribution in [-0.4, -0.2) is 24.6 Å². The molecule has 2 rings (SSSR count). The van der Waals surface area contributed by atoms with E-state index in [1.54, 1.807) is 24.3 Å². The molecule has 0 unspecified atom stereocenters. The van der Waals surface area contributed by atoms with Gasteiger partial charge in [-0.25, -0.2) is 5.43 Å². The van der Waals surface area contributed by atoms with E-state index in [1.165, 1.54) is 6.21 Å². The Bertz CT molecular complexity index is 846. The minimum absolute atomic E-state index is 0.334. The van der Waals surface area contributed by atoms with Gasteiger partial charge in [-0.1, -0.05) is 48.3 Å². The Hall–Kier alpha value is -2.57. The van der Waals surface area contributed by atoms with Gasteiger partial charge in [0.25, 0.3) is 0 Å². The van der Waals surface area contributed by atoms with Crippen LogP contribution in [0.1, 0.15) is 24.5 Å². The van der Waals surface area contributed by atoms with E-state index in [4.69, 9.17) is 27.9 Å². The SMILES string of the molecule is CCCOc1c(Cl)cc(/C=N\NC(=O)C(=O)Nc2ccccc2C)cc1Cl. The average molecular weight is 408 g/mol. The van der Waals surface area contributed by atoms with Crippen molar-refractivity contribution in [3.05, 3.63) is 57.6 Å². The van der Waals surface area contributed by atoms with E-state index < -0.39 is 11.8 Å². The van der Waals surface area contributed by atoms with E-state index in [0.717, 1.165) is 12.0 Å². The Morgan fingerprint density at radius 2 is 1.81 bits per heavy atom. The Balaban J connectivity index is 1.97. The molecule has 8 heteroatoms. The van der Waals surface area contributed by atoms with Gasteiger partial charge in [0.05, 0.1) is 22.9 Å². The summed E-state index contributed by atoms with van der Waals surface area (Å²) in [6.45, 7) is 4.30. The quantitative estimate of drug-likeness (QED) is 0.428. The zero-order valence-electron chi connectivity index (χ0n) is 14.9. The summed E-state index contributed by atoms with van der Waals surface area (Å²) in [4.78, 5) is 23.8. The second-order valence-electron chi connectivity index (χ2n) is 5.63. The number of nitrogens with one attached hydrogen (secondary N) is 2. The molecule has 0 saturated carbocycles. The smallest absolute Gasteiger partial charge is 0.329 e. The van der Waals surface area contributed by atoms with Crippen LogP contribution < -0.4 is 15.5 Å². The summed E-state index contributed by atoms with van der Waals surface area (Å²) >= 11 is 12.3. The molecule has 0 fully saturated rings. The average Bonchev–Trinajstić information content (AvgIpc) is 2.63. The summed E-state index contributed by atoms with van der Waals surface area (Å²) in [5, 5.41) is 6.95. The van der Waals surface area contributed by atoms with Crippen molar-refractivity contribution in [2.75, 3.05) is 11.9 Å². The van der Waals surface area contributed by atoms with Gasteiger partial charge in [-0.2, -0.15) is 5.10 Å². The number of carbonyl (C=O) groups is 2. The minimum atomic E-state index is -0.894. The summed E-state index contributed by atoms with van der Waals surface area (Å²) in [7, 11) is 0. The van der Waals surface area contributed by atoms with Crippen LogP contribution in [0.25, 0.3) is 0 Å². The van der Waals surface area contributed by atoms with E-state index in [2.05, 4.69) is 15.8 Å². The largest absolute Gasteiger partial charge is 0.490 e. The molecule has 27 heavy (non-hydrogen) atoms. The molecular formula is C19H19Cl2N3O3. The van der Waals surface area contributed by atoms with Crippen LogP contribution in [0.15, 0.2) is 41.5 Å². The molecule has 0 aromatic heterocycles. The third-order valence-electron chi connectivity index (χ3n) is 3.45. The number of para-hydroxylation sites is 1. The Morgan fingerprint density at radius 1 is 1.15 bits per heavy atom. The van der Waals surface area contributed by atoms with Crippen LogP contribution in [-0.2, 0) is 9.59 Å². The number of hydrazone groups is 1. The van der Waals surface area contributed by atoms with Gasteiger partial charge < -0.3 is 10.1 Å². The van der Waals surface area contributed by atoms with Crippen LogP contribution >= 0.6 is 23.2 Å². The van der Waals surface area contributed by atoms with Crippen molar-refractivity contribution >= 4 is 46.9 Å². The number of ether oxygens (including phenoxy) is 1. The lowest BCUT2D eigenvalue weighted by molar-refractivity contribution is -0.136. The molecule has 0 heterocycles. The first-order valence-electron chi connectivity index (χ1n) is 8.24. The highest BCUT2D eigenvalue weighted by Gasteiger charge is 2.14. The monoisotopic (exact) mass is 407 g/mol. The molecule has 2 amide bonds. The molecule has 0 radical (unpaired) electrons. The number of halogens is 2. The predicted molar refractivity (Wildman–Crippen MR) is 108 cm³/mol. The van der Waals surface area contributed by atoms with Crippen molar-refractivity contribution in [3.63, 3.8) is 0 Å². The van der Waals surface area contributed by atoms with E-state index >= 15 is 0 Å². The van der Waals surface area contributed by atoms with Crippen molar-refractivity contribution in [2.45, 2.75) is 20.3 Å². The summed E-state index contributed by atoms with van der Waals surface area (Å²) in [6.07, 6.45) is 2.16. The molecule has 0 saturated heterocycles. The van der Waals surface area contributed by atoms with E-state index in [9.17, 15) is 9.59 Å². The van der Waals surface area contributed by atoms with E-state index in [0.29, 0.717) is 33.7 Å². The lowest BCUT2D eigenvalue weighted by Gasteiger charge is -2.09. The molecule has 2 aromatic carbocycles. The Morgan fingerprint density at radius 3 is 2.44 bits per heavy atom. The second-order valence-corrected chi connectivity index (χ2v) is 6.44. The number of rotatable bonds is 6. The highest BCUT2D eigenvalue weighted by molar-refractivity contribution is 6.39. The summed E-state index contributed by atoms with van der Waals surface area (Å²) in [5.74, 6) is -1.31. The standard InChI is InChI=1S/C19H19Cl2N3O3/c1-3-8-27-17-14(20)9-13(10-15(17)21)11-22-24-19(26)18(25)23-16-7-5-4-6-12(16)2/h4-7,9-11H,3,8H2,1-2H3,(H,23,25)(H,24,26)/b22-11-. The third-order valence-corrected chi connectivity index (χ3v) is 4.01. The number of amides is 2. The Labute approximate surface area is 167 Å². The normalized spacial score (nSPS) is 10.7. The van der Waals surface area contributed by atoms with Crippen molar-refractivity contribution in [1.82, 2.24) is 5.43 Å². The predicted octanol–water partition coefficient (Wildman–Crippen LogP) is 4.18. The van der Waals surface area contributed by atoms with Crippen LogP contribution in [0.4, 0.5) is 5.69 Å². The third kappa shape index (κ3) is 5.98. The Kier molecular flexibility index (Phi) is 7.64. The van der Waals surface area contributed by atoms with Crippen LogP contribution in [0.3, 0.4) is 0 Å². The van der Waals surface area contributed by atoms with Gasteiger partial charge in [0.2, 0.25) is 0 Å². The molecule has 0 aliphatic rings. The summed E-state index contributed by atoms with van der Waals surface area (Å²) in [5.41, 5.74) is 4.11. The first kappa shape index (κ1) is 20.7. The van der Waals surface area contributed by atoms with Gasteiger partial charge in [0, 0.05) is 5.69 Å². The van der Waals surface area contributed by atoms with Gasteiger partial charge in [-0.15, -0.1) is 0 Å². The van der Waals surface area contributed by atoms with Gasteiger partial charge in [0.15, 0.2) is 5.75 Å². The molecule has 0 spiro atoms. The second kappa shape index (κ2) is 9.94. The zero-order valence-corrected chi connectivity index (χ0v) is 16.4. The first-order chi connectivity index (χ1) is 12.9. The number of aryl methyl sites for hydroxylation is 1. The van der Waals surface area contributed by atoms with E-state index in [-0.39, 0.29) is 0 Å². The highest BCUT2D eigenvalue weighted by atomic mass is 35.5. The molecular weight excluding hydrogens is 389 g/mol. The first-order valence-corrected chi connectivity index (χ1v) is 8.99. The fourth-order valence-corrected chi connectivity index (χ4v) is 2.72. The van der Waals surface area contributed by atoms with Gasteiger partial charge in [-0.3, -0.25) is 9.59 Å². The maximum Gasteiger partial charge on any atom is 0.329 e. The topological polar surface area (TPSA) is 79.8 Å². The number of carbonyl (C=O) groups excluding carboxylic acids is 2. The number of anilines is 1. The highest BCUT2D eigenvalue weighted by Crippen LogP contribution is 2.33. The lowest BCUT2D eigenvalue weighted by Crippen LogP contribution is -2.32. The maximum absolute atomic E-state index is 11.9. The maximum atomic E-state index is 11.9.